The van der Waals surface area contributed by atoms with Crippen molar-refractivity contribution in [3.8, 4) is 17.2 Å². The smallest absolute Gasteiger partial charge is 0.335 e. The molecule has 0 saturated carbocycles. The summed E-state index contributed by atoms with van der Waals surface area (Å²) in [6.45, 7) is 7.15. The van der Waals surface area contributed by atoms with E-state index >= 15 is 0 Å². The van der Waals surface area contributed by atoms with Crippen molar-refractivity contribution in [2.75, 3.05) is 19.8 Å². The van der Waals surface area contributed by atoms with Crippen LogP contribution in [0.15, 0.2) is 12.1 Å². The van der Waals surface area contributed by atoms with Gasteiger partial charge in [0.2, 0.25) is 5.75 Å². The predicted molar refractivity (Wildman–Crippen MR) is 76.1 cm³/mol. The van der Waals surface area contributed by atoms with E-state index in [2.05, 4.69) is 6.92 Å². The highest BCUT2D eigenvalue weighted by Crippen LogP contribution is 2.39. The second-order valence-electron chi connectivity index (χ2n) is 4.17. The number of unbranched alkanes of at least 4 members (excludes halogenated alkanes) is 1. The van der Waals surface area contributed by atoms with Crippen LogP contribution in [0.5, 0.6) is 17.2 Å². The van der Waals surface area contributed by atoms with Crippen molar-refractivity contribution in [3.05, 3.63) is 17.7 Å². The first-order valence-electron chi connectivity index (χ1n) is 6.93. The number of ether oxygens (including phenoxy) is 3. The van der Waals surface area contributed by atoms with Crippen LogP contribution in [0.2, 0.25) is 0 Å². The number of hydrogen-bond acceptors (Lipinski definition) is 4. The van der Waals surface area contributed by atoms with Crippen LogP contribution >= 0.6 is 0 Å². The minimum Gasteiger partial charge on any atom is -0.490 e. The van der Waals surface area contributed by atoms with E-state index in [0.717, 1.165) is 12.8 Å². The van der Waals surface area contributed by atoms with Crippen LogP contribution in [-0.4, -0.2) is 30.9 Å². The van der Waals surface area contributed by atoms with E-state index in [1.807, 2.05) is 13.8 Å². The number of carboxylic acids is 1. The third kappa shape index (κ3) is 4.33. The lowest BCUT2D eigenvalue weighted by Crippen LogP contribution is -2.06. The molecular weight excluding hydrogens is 260 g/mol. The van der Waals surface area contributed by atoms with Crippen molar-refractivity contribution >= 4 is 5.97 Å². The molecule has 0 heterocycles. The minimum absolute atomic E-state index is 0.125. The SMILES string of the molecule is CCCCOc1c(OCC)cc(C(=O)O)cc1OCC. The van der Waals surface area contributed by atoms with Gasteiger partial charge in [0.25, 0.3) is 0 Å². The Kier molecular flexibility index (Phi) is 6.70. The lowest BCUT2D eigenvalue weighted by Gasteiger charge is -2.16. The monoisotopic (exact) mass is 282 g/mol. The summed E-state index contributed by atoms with van der Waals surface area (Å²) in [5.41, 5.74) is 0.125. The highest BCUT2D eigenvalue weighted by atomic mass is 16.5. The average Bonchev–Trinajstić information content (AvgIpc) is 2.41. The maximum Gasteiger partial charge on any atom is 0.335 e. The van der Waals surface area contributed by atoms with Crippen molar-refractivity contribution in [2.45, 2.75) is 33.6 Å². The summed E-state index contributed by atoms with van der Waals surface area (Å²) in [7, 11) is 0. The van der Waals surface area contributed by atoms with Crippen molar-refractivity contribution in [2.24, 2.45) is 0 Å². The Morgan fingerprint density at radius 3 is 2.00 bits per heavy atom. The van der Waals surface area contributed by atoms with Crippen LogP contribution < -0.4 is 14.2 Å². The molecule has 0 atom stereocenters. The average molecular weight is 282 g/mol. The van der Waals surface area contributed by atoms with Gasteiger partial charge in [-0.05, 0) is 32.4 Å². The molecule has 0 saturated heterocycles. The van der Waals surface area contributed by atoms with Gasteiger partial charge in [-0.25, -0.2) is 4.79 Å². The highest BCUT2D eigenvalue weighted by molar-refractivity contribution is 5.89. The van der Waals surface area contributed by atoms with Crippen LogP contribution in [-0.2, 0) is 0 Å². The molecule has 1 N–H and O–H groups in total. The van der Waals surface area contributed by atoms with Gasteiger partial charge in [-0.3, -0.25) is 0 Å². The number of carbonyl (C=O) groups is 1. The summed E-state index contributed by atoms with van der Waals surface area (Å²) in [5, 5.41) is 9.12. The van der Waals surface area contributed by atoms with Gasteiger partial charge in [0, 0.05) is 0 Å². The molecule has 0 spiro atoms. The van der Waals surface area contributed by atoms with Gasteiger partial charge < -0.3 is 19.3 Å². The van der Waals surface area contributed by atoms with Crippen LogP contribution in [0.4, 0.5) is 0 Å². The fraction of sp³-hybridized carbons (Fsp3) is 0.533. The Bertz CT molecular complexity index is 415. The molecule has 0 aliphatic heterocycles. The standard InChI is InChI=1S/C15H22O5/c1-4-7-8-20-14-12(18-5-2)9-11(15(16)17)10-13(14)19-6-3/h9-10H,4-8H2,1-3H3,(H,16,17). The molecule has 0 fully saturated rings. The summed E-state index contributed by atoms with van der Waals surface area (Å²) in [6.07, 6.45) is 1.93. The van der Waals surface area contributed by atoms with E-state index in [1.54, 1.807) is 0 Å². The molecule has 1 aromatic rings. The zero-order valence-corrected chi connectivity index (χ0v) is 12.3. The number of rotatable bonds is 9. The van der Waals surface area contributed by atoms with Crippen LogP contribution in [0, 0.1) is 0 Å². The maximum atomic E-state index is 11.1. The molecule has 0 amide bonds. The molecule has 0 aliphatic carbocycles. The molecular formula is C15H22O5. The lowest BCUT2D eigenvalue weighted by atomic mass is 10.2. The fourth-order valence-electron chi connectivity index (χ4n) is 1.69. The Morgan fingerprint density at radius 1 is 1.05 bits per heavy atom. The Labute approximate surface area is 119 Å². The van der Waals surface area contributed by atoms with E-state index < -0.39 is 5.97 Å². The van der Waals surface area contributed by atoms with Crippen LogP contribution in [0.25, 0.3) is 0 Å². The zero-order chi connectivity index (χ0) is 15.0. The number of benzene rings is 1. The summed E-state index contributed by atoms with van der Waals surface area (Å²) < 4.78 is 16.7. The predicted octanol–water partition coefficient (Wildman–Crippen LogP) is 3.36. The molecule has 20 heavy (non-hydrogen) atoms. The van der Waals surface area contributed by atoms with Gasteiger partial charge in [0.1, 0.15) is 0 Å². The molecule has 112 valence electrons. The Morgan fingerprint density at radius 2 is 1.60 bits per heavy atom. The normalized spacial score (nSPS) is 10.2. The first-order valence-corrected chi connectivity index (χ1v) is 6.93. The Hall–Kier alpha value is -1.91. The van der Waals surface area contributed by atoms with Gasteiger partial charge >= 0.3 is 5.97 Å². The molecule has 0 unspecified atom stereocenters. The lowest BCUT2D eigenvalue weighted by molar-refractivity contribution is 0.0695. The Balaban J connectivity index is 3.15. The van der Waals surface area contributed by atoms with Gasteiger partial charge in [0.15, 0.2) is 11.5 Å². The minimum atomic E-state index is -1.02. The topological polar surface area (TPSA) is 65.0 Å². The van der Waals surface area contributed by atoms with Crippen LogP contribution in [0.1, 0.15) is 44.0 Å². The van der Waals surface area contributed by atoms with E-state index in [9.17, 15) is 4.79 Å². The zero-order valence-electron chi connectivity index (χ0n) is 12.3. The highest BCUT2D eigenvalue weighted by Gasteiger charge is 2.17. The largest absolute Gasteiger partial charge is 0.490 e. The fourth-order valence-corrected chi connectivity index (χ4v) is 1.69. The number of aromatic carboxylic acids is 1. The van der Waals surface area contributed by atoms with Gasteiger partial charge in [-0.15, -0.1) is 0 Å². The first kappa shape index (κ1) is 16.1. The van der Waals surface area contributed by atoms with E-state index in [-0.39, 0.29) is 5.56 Å². The summed E-state index contributed by atoms with van der Waals surface area (Å²) in [5.74, 6) is 0.276. The van der Waals surface area contributed by atoms with Crippen LogP contribution in [0.3, 0.4) is 0 Å². The quantitative estimate of drug-likeness (QED) is 0.703. The van der Waals surface area contributed by atoms with Gasteiger partial charge in [0.05, 0.1) is 25.4 Å². The molecule has 5 heteroatoms. The third-order valence-electron chi connectivity index (χ3n) is 2.61. The van der Waals surface area contributed by atoms with E-state index in [4.69, 9.17) is 19.3 Å². The second kappa shape index (κ2) is 8.30. The van der Waals surface area contributed by atoms with Gasteiger partial charge in [-0.1, -0.05) is 13.3 Å². The molecule has 0 radical (unpaired) electrons. The van der Waals surface area contributed by atoms with E-state index in [0.29, 0.717) is 37.1 Å². The third-order valence-corrected chi connectivity index (χ3v) is 2.61. The maximum absolute atomic E-state index is 11.1. The van der Waals surface area contributed by atoms with Crippen molar-refractivity contribution in [1.82, 2.24) is 0 Å². The number of carboxylic acid groups (broad SMARTS) is 1. The summed E-state index contributed by atoms with van der Waals surface area (Å²) in [4.78, 5) is 11.1. The van der Waals surface area contributed by atoms with Crippen molar-refractivity contribution < 1.29 is 24.1 Å². The second-order valence-corrected chi connectivity index (χ2v) is 4.17. The summed E-state index contributed by atoms with van der Waals surface area (Å²) >= 11 is 0. The van der Waals surface area contributed by atoms with E-state index in [1.165, 1.54) is 12.1 Å². The molecule has 0 bridgehead atoms. The number of hydrogen-bond donors (Lipinski definition) is 1. The van der Waals surface area contributed by atoms with Crippen molar-refractivity contribution in [3.63, 3.8) is 0 Å². The van der Waals surface area contributed by atoms with Crippen molar-refractivity contribution in [1.29, 1.82) is 0 Å². The molecule has 5 nitrogen and oxygen atoms in total. The first-order chi connectivity index (χ1) is 9.63. The van der Waals surface area contributed by atoms with Gasteiger partial charge in [-0.2, -0.15) is 0 Å². The summed E-state index contributed by atoms with van der Waals surface area (Å²) in [6, 6.07) is 2.94. The molecule has 0 aromatic heterocycles. The molecule has 1 aromatic carbocycles. The molecule has 1 rings (SSSR count). The molecule has 0 aliphatic rings.